The van der Waals surface area contributed by atoms with Crippen molar-refractivity contribution in [3.05, 3.63) is 34.9 Å². The molecule has 0 aromatic heterocycles. The molecular formula is C17H27ClN2O. The molecule has 3 N–H and O–H groups in total. The lowest BCUT2D eigenvalue weighted by Gasteiger charge is -2.18. The lowest BCUT2D eigenvalue weighted by atomic mass is 10.0. The maximum absolute atomic E-state index is 12.1. The monoisotopic (exact) mass is 310 g/mol. The lowest BCUT2D eigenvalue weighted by molar-refractivity contribution is -0.125. The van der Waals surface area contributed by atoms with E-state index in [-0.39, 0.29) is 23.9 Å². The van der Waals surface area contributed by atoms with Crippen LogP contribution in [0.3, 0.4) is 0 Å². The first-order valence-electron chi connectivity index (χ1n) is 7.69. The number of halogens is 1. The molecule has 21 heavy (non-hydrogen) atoms. The molecule has 1 aromatic carbocycles. The number of benzene rings is 1. The van der Waals surface area contributed by atoms with Crippen molar-refractivity contribution in [1.82, 2.24) is 5.32 Å². The fourth-order valence-electron chi connectivity index (χ4n) is 2.31. The summed E-state index contributed by atoms with van der Waals surface area (Å²) in [7, 11) is 0. The highest BCUT2D eigenvalue weighted by Gasteiger charge is 2.16. The normalized spacial score (nSPS) is 15.3. The third-order valence-electron chi connectivity index (χ3n) is 3.62. The minimum Gasteiger partial charge on any atom is -0.353 e. The van der Waals surface area contributed by atoms with Crippen molar-refractivity contribution < 1.29 is 4.79 Å². The average Bonchev–Trinajstić information content (AvgIpc) is 2.40. The number of nitrogens with two attached hydrogens (primary N) is 1. The van der Waals surface area contributed by atoms with E-state index in [1.165, 1.54) is 0 Å². The van der Waals surface area contributed by atoms with Crippen LogP contribution in [0.2, 0.25) is 5.02 Å². The zero-order valence-corrected chi connectivity index (χ0v) is 14.0. The topological polar surface area (TPSA) is 55.1 Å². The molecule has 0 aliphatic carbocycles. The van der Waals surface area contributed by atoms with Crippen LogP contribution in [0.25, 0.3) is 0 Å². The largest absolute Gasteiger partial charge is 0.353 e. The zero-order valence-electron chi connectivity index (χ0n) is 13.2. The SMILES string of the molecule is CC(N)CCCC(C)C(=O)NC(C)Cc1ccccc1Cl. The Labute approximate surface area is 133 Å². The Morgan fingerprint density at radius 1 is 1.24 bits per heavy atom. The second-order valence-electron chi connectivity index (χ2n) is 6.01. The van der Waals surface area contributed by atoms with Crippen molar-refractivity contribution in [1.29, 1.82) is 0 Å². The van der Waals surface area contributed by atoms with Crippen LogP contribution in [-0.4, -0.2) is 18.0 Å². The van der Waals surface area contributed by atoms with Gasteiger partial charge in [-0.05, 0) is 44.7 Å². The van der Waals surface area contributed by atoms with Crippen LogP contribution >= 0.6 is 11.6 Å². The molecule has 1 aromatic rings. The summed E-state index contributed by atoms with van der Waals surface area (Å²) in [6.07, 6.45) is 3.59. The second kappa shape index (κ2) is 9.06. The van der Waals surface area contributed by atoms with Crippen molar-refractivity contribution in [2.75, 3.05) is 0 Å². The molecule has 0 heterocycles. The van der Waals surface area contributed by atoms with Crippen molar-refractivity contribution in [2.24, 2.45) is 11.7 Å². The smallest absolute Gasteiger partial charge is 0.223 e. The summed E-state index contributed by atoms with van der Waals surface area (Å²) in [5.41, 5.74) is 6.79. The van der Waals surface area contributed by atoms with Crippen LogP contribution in [0.5, 0.6) is 0 Å². The summed E-state index contributed by atoms with van der Waals surface area (Å²) < 4.78 is 0. The molecule has 4 heteroatoms. The van der Waals surface area contributed by atoms with Gasteiger partial charge in [-0.15, -0.1) is 0 Å². The first kappa shape index (κ1) is 18.0. The molecule has 0 aliphatic heterocycles. The van der Waals surface area contributed by atoms with Crippen LogP contribution in [0.1, 0.15) is 45.6 Å². The van der Waals surface area contributed by atoms with Crippen LogP contribution in [0, 0.1) is 5.92 Å². The highest BCUT2D eigenvalue weighted by molar-refractivity contribution is 6.31. The fraction of sp³-hybridized carbons (Fsp3) is 0.588. The molecule has 0 fully saturated rings. The molecule has 3 atom stereocenters. The van der Waals surface area contributed by atoms with Gasteiger partial charge in [0.15, 0.2) is 0 Å². The van der Waals surface area contributed by atoms with E-state index in [0.717, 1.165) is 36.3 Å². The molecule has 0 saturated heterocycles. The highest BCUT2D eigenvalue weighted by atomic mass is 35.5. The predicted molar refractivity (Wildman–Crippen MR) is 89.4 cm³/mol. The van der Waals surface area contributed by atoms with Gasteiger partial charge >= 0.3 is 0 Å². The first-order chi connectivity index (χ1) is 9.90. The summed E-state index contributed by atoms with van der Waals surface area (Å²) in [6.45, 7) is 5.98. The number of hydrogen-bond acceptors (Lipinski definition) is 2. The third-order valence-corrected chi connectivity index (χ3v) is 3.99. The van der Waals surface area contributed by atoms with Crippen molar-refractivity contribution >= 4 is 17.5 Å². The molecule has 0 spiro atoms. The van der Waals surface area contributed by atoms with Gasteiger partial charge in [0, 0.05) is 23.0 Å². The highest BCUT2D eigenvalue weighted by Crippen LogP contribution is 2.17. The Morgan fingerprint density at radius 3 is 2.52 bits per heavy atom. The molecular weight excluding hydrogens is 284 g/mol. The molecule has 0 radical (unpaired) electrons. The number of hydrogen-bond donors (Lipinski definition) is 2. The van der Waals surface area contributed by atoms with Crippen LogP contribution in [0.15, 0.2) is 24.3 Å². The summed E-state index contributed by atoms with van der Waals surface area (Å²) in [5, 5.41) is 3.82. The quantitative estimate of drug-likeness (QED) is 0.771. The number of carbonyl (C=O) groups is 1. The molecule has 1 amide bonds. The zero-order chi connectivity index (χ0) is 15.8. The van der Waals surface area contributed by atoms with Gasteiger partial charge in [-0.1, -0.05) is 43.1 Å². The van der Waals surface area contributed by atoms with E-state index in [9.17, 15) is 4.79 Å². The van der Waals surface area contributed by atoms with Crippen molar-refractivity contribution in [3.8, 4) is 0 Å². The van der Waals surface area contributed by atoms with E-state index in [1.807, 2.05) is 45.0 Å². The standard InChI is InChI=1S/C17H27ClN2O/c1-12(7-6-8-13(2)19)17(21)20-14(3)11-15-9-4-5-10-16(15)18/h4-5,9-10,12-14H,6-8,11,19H2,1-3H3,(H,20,21). The number of nitrogens with one attached hydrogen (secondary N) is 1. The van der Waals surface area contributed by atoms with Gasteiger partial charge in [-0.2, -0.15) is 0 Å². The van der Waals surface area contributed by atoms with E-state index in [2.05, 4.69) is 5.32 Å². The number of carbonyl (C=O) groups excluding carboxylic acids is 1. The Morgan fingerprint density at radius 2 is 1.90 bits per heavy atom. The van der Waals surface area contributed by atoms with Crippen LogP contribution < -0.4 is 11.1 Å². The van der Waals surface area contributed by atoms with Crippen LogP contribution in [0.4, 0.5) is 0 Å². The minimum absolute atomic E-state index is 0.0254. The third kappa shape index (κ3) is 6.96. The molecule has 3 unspecified atom stereocenters. The van der Waals surface area contributed by atoms with E-state index in [0.29, 0.717) is 0 Å². The maximum atomic E-state index is 12.1. The summed E-state index contributed by atoms with van der Waals surface area (Å²) >= 11 is 6.14. The van der Waals surface area contributed by atoms with E-state index in [1.54, 1.807) is 0 Å². The molecule has 3 nitrogen and oxygen atoms in total. The van der Waals surface area contributed by atoms with E-state index >= 15 is 0 Å². The number of amides is 1. The van der Waals surface area contributed by atoms with Crippen LogP contribution in [-0.2, 0) is 11.2 Å². The maximum Gasteiger partial charge on any atom is 0.223 e. The minimum atomic E-state index is 0.0254. The van der Waals surface area contributed by atoms with Gasteiger partial charge in [0.05, 0.1) is 0 Å². The number of rotatable bonds is 8. The van der Waals surface area contributed by atoms with Gasteiger partial charge in [-0.3, -0.25) is 4.79 Å². The Bertz CT molecular complexity index is 448. The van der Waals surface area contributed by atoms with Gasteiger partial charge in [0.2, 0.25) is 5.91 Å². The second-order valence-corrected chi connectivity index (χ2v) is 6.42. The van der Waals surface area contributed by atoms with Gasteiger partial charge in [0.1, 0.15) is 0 Å². The van der Waals surface area contributed by atoms with Gasteiger partial charge in [-0.25, -0.2) is 0 Å². The van der Waals surface area contributed by atoms with E-state index < -0.39 is 0 Å². The first-order valence-corrected chi connectivity index (χ1v) is 8.07. The Hall–Kier alpha value is -1.06. The molecule has 0 aliphatic rings. The van der Waals surface area contributed by atoms with Crippen molar-refractivity contribution in [3.63, 3.8) is 0 Å². The summed E-state index contributed by atoms with van der Waals surface area (Å²) in [5.74, 6) is 0.136. The van der Waals surface area contributed by atoms with E-state index in [4.69, 9.17) is 17.3 Å². The molecule has 0 saturated carbocycles. The average molecular weight is 311 g/mol. The summed E-state index contributed by atoms with van der Waals surface area (Å²) in [4.78, 5) is 12.1. The fourth-order valence-corrected chi connectivity index (χ4v) is 2.52. The summed E-state index contributed by atoms with van der Waals surface area (Å²) in [6, 6.07) is 8.04. The molecule has 0 bridgehead atoms. The van der Waals surface area contributed by atoms with Gasteiger partial charge < -0.3 is 11.1 Å². The molecule has 118 valence electrons. The Kier molecular flexibility index (Phi) is 7.76. The lowest BCUT2D eigenvalue weighted by Crippen LogP contribution is -2.37. The molecule has 1 rings (SSSR count). The Balaban J connectivity index is 2.38. The van der Waals surface area contributed by atoms with Gasteiger partial charge in [0.25, 0.3) is 0 Å². The predicted octanol–water partition coefficient (Wildman–Crippen LogP) is 3.54. The van der Waals surface area contributed by atoms with Crippen molar-refractivity contribution in [2.45, 2.75) is 58.5 Å².